The predicted octanol–water partition coefficient (Wildman–Crippen LogP) is 4.51. The third-order valence-electron chi connectivity index (χ3n) is 9.28. The third kappa shape index (κ3) is 4.51. The van der Waals surface area contributed by atoms with E-state index in [-0.39, 0.29) is 29.4 Å². The normalized spacial score (nSPS) is 25.0. The molecule has 0 spiro atoms. The quantitative estimate of drug-likeness (QED) is 0.309. The Bertz CT molecular complexity index is 1720. The molecule has 4 atom stereocenters. The predicted molar refractivity (Wildman–Crippen MR) is 147 cm³/mol. The van der Waals surface area contributed by atoms with Crippen molar-refractivity contribution in [3.8, 4) is 11.9 Å². The number of carbonyl (C=O) groups is 1. The molecule has 1 saturated carbocycles. The lowest BCUT2D eigenvalue weighted by Crippen LogP contribution is -2.37. The number of benzene rings is 1. The number of carboxylic acids is 1. The van der Waals surface area contributed by atoms with Gasteiger partial charge in [-0.15, -0.1) is 0 Å². The Labute approximate surface area is 241 Å². The number of imidazole rings is 1. The molecule has 216 valence electrons. The van der Waals surface area contributed by atoms with E-state index in [4.69, 9.17) is 29.1 Å². The maximum absolute atomic E-state index is 14.3. The highest BCUT2D eigenvalue weighted by atomic mass is 19.1. The van der Waals surface area contributed by atoms with Crippen LogP contribution in [0.2, 0.25) is 0 Å². The number of fused-ring (bicyclic) bond motifs is 2. The molecule has 1 N–H and O–H groups in total. The van der Waals surface area contributed by atoms with Gasteiger partial charge < -0.3 is 19.0 Å². The molecule has 7 rings (SSSR count). The zero-order chi connectivity index (χ0) is 29.0. The van der Waals surface area contributed by atoms with Crippen LogP contribution in [0.5, 0.6) is 5.88 Å². The maximum Gasteiger partial charge on any atom is 0.371 e. The second kappa shape index (κ2) is 10.2. The van der Waals surface area contributed by atoms with Gasteiger partial charge in [-0.1, -0.05) is 19.1 Å². The Hall–Kier alpha value is -4.27. The molecule has 1 aromatic carbocycles. The number of aromatic carboxylic acids is 1. The summed E-state index contributed by atoms with van der Waals surface area (Å²) in [4.78, 5) is 23.5. The zero-order valence-electron chi connectivity index (χ0n) is 23.1. The van der Waals surface area contributed by atoms with Crippen LogP contribution in [0, 0.1) is 29.0 Å². The molecule has 5 heterocycles. The zero-order valence-corrected chi connectivity index (χ0v) is 23.1. The van der Waals surface area contributed by atoms with E-state index in [0.29, 0.717) is 47.6 Å². The van der Waals surface area contributed by atoms with Crippen molar-refractivity contribution in [1.82, 2.24) is 19.4 Å². The largest absolute Gasteiger partial charge is 0.475 e. The van der Waals surface area contributed by atoms with Gasteiger partial charge in [0.2, 0.25) is 17.4 Å². The first-order valence-electron chi connectivity index (χ1n) is 14.2. The fourth-order valence-electron chi connectivity index (χ4n) is 6.72. The number of ether oxygens (including phenoxy) is 2. The van der Waals surface area contributed by atoms with E-state index in [1.807, 2.05) is 16.7 Å². The Morgan fingerprint density at radius 1 is 1.29 bits per heavy atom. The van der Waals surface area contributed by atoms with Crippen molar-refractivity contribution in [2.24, 2.45) is 11.8 Å². The highest BCUT2D eigenvalue weighted by Crippen LogP contribution is 2.63. The summed E-state index contributed by atoms with van der Waals surface area (Å²) >= 11 is 0. The van der Waals surface area contributed by atoms with Gasteiger partial charge in [0.05, 0.1) is 36.5 Å². The van der Waals surface area contributed by atoms with E-state index in [1.54, 1.807) is 18.2 Å². The van der Waals surface area contributed by atoms with E-state index < -0.39 is 11.8 Å². The van der Waals surface area contributed by atoms with Gasteiger partial charge in [0.25, 0.3) is 0 Å². The molecule has 4 aromatic rings. The van der Waals surface area contributed by atoms with Crippen molar-refractivity contribution < 1.29 is 28.2 Å². The SMILES string of the molecule is CC1C2CN(Cc3nc4cc(C(=O)O)oc4n3C[C@@H]3CCO3)CCC12c1cccc(OCc2ccc(C#N)cc2F)n1. The molecule has 11 heteroatoms. The Kier molecular flexibility index (Phi) is 6.48. The van der Waals surface area contributed by atoms with E-state index in [9.17, 15) is 14.3 Å². The van der Waals surface area contributed by atoms with Crippen LogP contribution in [0.4, 0.5) is 4.39 Å². The van der Waals surface area contributed by atoms with E-state index in [2.05, 4.69) is 17.9 Å². The molecule has 2 aliphatic heterocycles. The lowest BCUT2D eigenvalue weighted by molar-refractivity contribution is -0.0595. The Balaban J connectivity index is 1.05. The van der Waals surface area contributed by atoms with E-state index in [1.165, 1.54) is 12.1 Å². The molecular weight excluding hydrogens is 541 g/mol. The number of aromatic nitrogens is 3. The summed E-state index contributed by atoms with van der Waals surface area (Å²) < 4.78 is 33.5. The van der Waals surface area contributed by atoms with Crippen LogP contribution in [0.1, 0.15) is 53.0 Å². The number of nitriles is 1. The van der Waals surface area contributed by atoms with Gasteiger partial charge in [0, 0.05) is 36.3 Å². The van der Waals surface area contributed by atoms with Crippen LogP contribution in [0.15, 0.2) is 46.9 Å². The first-order valence-corrected chi connectivity index (χ1v) is 14.2. The molecule has 10 nitrogen and oxygen atoms in total. The average Bonchev–Trinajstić information content (AvgIpc) is 3.21. The fraction of sp³-hybridized carbons (Fsp3) is 0.419. The molecule has 3 aromatic heterocycles. The minimum absolute atomic E-state index is 0.0309. The standard InChI is InChI=1S/C31H30FN5O5/c1-18-22-15-36(16-27-34-24-12-25(30(38)39)42-29(24)37(27)14-21-7-10-40-21)9-8-31(18,22)26-3-2-4-28(35-26)41-17-20-6-5-19(13-33)11-23(20)32/h2-6,11-12,18,21-22H,7-10,14-17H2,1H3,(H,38,39)/t18?,21-,22?,31?/m0/s1. The van der Waals surface area contributed by atoms with Crippen molar-refractivity contribution in [3.63, 3.8) is 0 Å². The van der Waals surface area contributed by atoms with Crippen molar-refractivity contribution >= 4 is 17.2 Å². The molecule has 3 fully saturated rings. The monoisotopic (exact) mass is 571 g/mol. The van der Waals surface area contributed by atoms with Gasteiger partial charge in [0.15, 0.2) is 0 Å². The molecule has 2 saturated heterocycles. The topological polar surface area (TPSA) is 127 Å². The number of furan rings is 1. The molecule has 42 heavy (non-hydrogen) atoms. The molecule has 3 unspecified atom stereocenters. The smallest absolute Gasteiger partial charge is 0.371 e. The second-order valence-corrected chi connectivity index (χ2v) is 11.5. The molecule has 0 radical (unpaired) electrons. The first kappa shape index (κ1) is 26.6. The minimum Gasteiger partial charge on any atom is -0.475 e. The molecule has 3 aliphatic rings. The van der Waals surface area contributed by atoms with Crippen molar-refractivity contribution in [2.75, 3.05) is 19.7 Å². The van der Waals surface area contributed by atoms with Crippen molar-refractivity contribution in [2.45, 2.75) is 51.0 Å². The lowest BCUT2D eigenvalue weighted by Gasteiger charge is -2.32. The minimum atomic E-state index is -1.11. The maximum atomic E-state index is 14.3. The number of carboxylic acid groups (broad SMARTS) is 1. The molecule has 0 amide bonds. The average molecular weight is 572 g/mol. The number of hydrogen-bond donors (Lipinski definition) is 1. The highest BCUT2D eigenvalue weighted by Gasteiger charge is 2.65. The second-order valence-electron chi connectivity index (χ2n) is 11.5. The first-order chi connectivity index (χ1) is 20.4. The number of likely N-dealkylation sites (tertiary alicyclic amines) is 1. The van der Waals surface area contributed by atoms with Gasteiger partial charge in [-0.2, -0.15) is 5.26 Å². The van der Waals surface area contributed by atoms with Crippen molar-refractivity contribution in [3.05, 3.63) is 76.7 Å². The van der Waals surface area contributed by atoms with E-state index in [0.717, 1.165) is 44.1 Å². The number of piperidine rings is 1. The molecular formula is C31H30FN5O5. The molecule has 1 aliphatic carbocycles. The summed E-state index contributed by atoms with van der Waals surface area (Å²) in [6.45, 7) is 5.99. The number of hydrogen-bond acceptors (Lipinski definition) is 8. The number of nitrogens with zero attached hydrogens (tertiary/aromatic N) is 5. The number of halogens is 1. The van der Waals surface area contributed by atoms with Gasteiger partial charge in [0.1, 0.15) is 23.8 Å². The molecule has 0 bridgehead atoms. The third-order valence-corrected chi connectivity index (χ3v) is 9.28. The number of rotatable bonds is 9. The highest BCUT2D eigenvalue weighted by molar-refractivity contribution is 5.89. The Morgan fingerprint density at radius 2 is 2.14 bits per heavy atom. The van der Waals surface area contributed by atoms with E-state index >= 15 is 0 Å². The van der Waals surface area contributed by atoms with Gasteiger partial charge in [-0.3, -0.25) is 9.47 Å². The Morgan fingerprint density at radius 3 is 2.86 bits per heavy atom. The van der Waals surface area contributed by atoms with Crippen LogP contribution >= 0.6 is 0 Å². The van der Waals surface area contributed by atoms with Gasteiger partial charge in [-0.05, 0) is 49.4 Å². The van der Waals surface area contributed by atoms with Crippen LogP contribution < -0.4 is 4.74 Å². The summed E-state index contributed by atoms with van der Waals surface area (Å²) in [5.74, 6) is 0.472. The van der Waals surface area contributed by atoms with Crippen LogP contribution in [-0.2, 0) is 29.8 Å². The summed E-state index contributed by atoms with van der Waals surface area (Å²) in [6.07, 6.45) is 1.96. The summed E-state index contributed by atoms with van der Waals surface area (Å²) in [5, 5.41) is 18.3. The van der Waals surface area contributed by atoms with Crippen LogP contribution in [0.25, 0.3) is 11.2 Å². The fourth-order valence-corrected chi connectivity index (χ4v) is 6.72. The van der Waals surface area contributed by atoms with Crippen LogP contribution in [0.3, 0.4) is 0 Å². The van der Waals surface area contributed by atoms with Crippen LogP contribution in [-0.4, -0.2) is 56.3 Å². The summed E-state index contributed by atoms with van der Waals surface area (Å²) in [6, 6.07) is 13.6. The van der Waals surface area contributed by atoms with Crippen molar-refractivity contribution in [1.29, 1.82) is 5.26 Å². The number of pyridine rings is 1. The summed E-state index contributed by atoms with van der Waals surface area (Å²) in [5.41, 5.74) is 2.64. The van der Waals surface area contributed by atoms with Gasteiger partial charge >= 0.3 is 5.97 Å². The summed E-state index contributed by atoms with van der Waals surface area (Å²) in [7, 11) is 0. The van der Waals surface area contributed by atoms with Gasteiger partial charge in [-0.25, -0.2) is 19.2 Å². The lowest BCUT2D eigenvalue weighted by atomic mass is 9.90.